The van der Waals surface area contributed by atoms with Crippen molar-refractivity contribution in [1.82, 2.24) is 4.98 Å². The number of hydrogen-bond donors (Lipinski definition) is 1. The van der Waals surface area contributed by atoms with Crippen molar-refractivity contribution < 1.29 is 0 Å². The average molecular weight is 258 g/mol. The Morgan fingerprint density at radius 2 is 1.78 bits per heavy atom. The summed E-state index contributed by atoms with van der Waals surface area (Å²) in [5.41, 5.74) is 10.1. The predicted octanol–water partition coefficient (Wildman–Crippen LogP) is 4.13. The molecule has 0 aliphatic carbocycles. The summed E-state index contributed by atoms with van der Waals surface area (Å²) in [5, 5.41) is 1.45. The first-order chi connectivity index (χ1) is 8.54. The minimum absolute atomic E-state index is 0.374. The van der Waals surface area contributed by atoms with E-state index in [2.05, 4.69) is 43.1 Å². The Balaban J connectivity index is 2.15. The lowest BCUT2D eigenvalue weighted by molar-refractivity contribution is 1.02. The van der Waals surface area contributed by atoms with Gasteiger partial charge >= 0.3 is 0 Å². The van der Waals surface area contributed by atoms with E-state index in [4.69, 9.17) is 5.73 Å². The number of anilines is 1. The Labute approximate surface area is 113 Å². The van der Waals surface area contributed by atoms with Crippen molar-refractivity contribution in [3.63, 3.8) is 0 Å². The minimum atomic E-state index is 0.374. The number of pyridine rings is 1. The van der Waals surface area contributed by atoms with Gasteiger partial charge in [-0.05, 0) is 56.2 Å². The van der Waals surface area contributed by atoms with Gasteiger partial charge in [0.15, 0.2) is 0 Å². The molecule has 94 valence electrons. The van der Waals surface area contributed by atoms with Crippen molar-refractivity contribution in [2.75, 3.05) is 5.73 Å². The fraction of sp³-hybridized carbons (Fsp3) is 0.267. The third-order valence-corrected chi connectivity index (χ3v) is 3.85. The zero-order chi connectivity index (χ0) is 13.1. The second-order valence-corrected chi connectivity index (χ2v) is 5.91. The molecule has 2 N–H and O–H groups in total. The summed E-state index contributed by atoms with van der Waals surface area (Å²) < 4.78 is 0. The maximum absolute atomic E-state index is 5.70. The quantitative estimate of drug-likeness (QED) is 0.664. The Kier molecular flexibility index (Phi) is 3.92. The summed E-state index contributed by atoms with van der Waals surface area (Å²) >= 11 is 1.78. The van der Waals surface area contributed by atoms with Crippen molar-refractivity contribution in [1.29, 1.82) is 0 Å². The van der Waals surface area contributed by atoms with Crippen molar-refractivity contribution in [3.8, 4) is 0 Å². The van der Waals surface area contributed by atoms with E-state index in [-0.39, 0.29) is 0 Å². The van der Waals surface area contributed by atoms with Gasteiger partial charge in [-0.15, -0.1) is 0 Å². The number of aromatic nitrogens is 1. The molecule has 0 aliphatic rings. The molecule has 1 unspecified atom stereocenters. The van der Waals surface area contributed by atoms with E-state index in [1.807, 2.05) is 19.1 Å². The van der Waals surface area contributed by atoms with Crippen molar-refractivity contribution in [3.05, 3.63) is 53.2 Å². The van der Waals surface area contributed by atoms with Crippen LogP contribution in [0.4, 0.5) is 5.69 Å². The lowest BCUT2D eigenvalue weighted by Gasteiger charge is -2.12. The van der Waals surface area contributed by atoms with Crippen LogP contribution in [0.15, 0.2) is 41.4 Å². The Bertz CT molecular complexity index is 514. The van der Waals surface area contributed by atoms with Crippen LogP contribution >= 0.6 is 11.8 Å². The zero-order valence-corrected chi connectivity index (χ0v) is 11.8. The first kappa shape index (κ1) is 13.0. The molecule has 1 aromatic carbocycles. The van der Waals surface area contributed by atoms with Crippen LogP contribution in [0.3, 0.4) is 0 Å². The molecule has 0 fully saturated rings. The maximum Gasteiger partial charge on any atom is 0.0971 e. The normalized spacial score (nSPS) is 12.4. The topological polar surface area (TPSA) is 38.9 Å². The monoisotopic (exact) mass is 258 g/mol. The van der Waals surface area contributed by atoms with Crippen molar-refractivity contribution >= 4 is 17.4 Å². The van der Waals surface area contributed by atoms with Crippen LogP contribution in [-0.2, 0) is 0 Å². The Morgan fingerprint density at radius 1 is 1.11 bits per heavy atom. The van der Waals surface area contributed by atoms with Crippen LogP contribution < -0.4 is 5.73 Å². The van der Waals surface area contributed by atoms with E-state index in [0.717, 1.165) is 16.4 Å². The van der Waals surface area contributed by atoms with E-state index >= 15 is 0 Å². The average Bonchev–Trinajstić information content (AvgIpc) is 2.28. The summed E-state index contributed by atoms with van der Waals surface area (Å²) in [7, 11) is 0. The SMILES string of the molecule is Cc1cc(C)nc(SC(C)c2ccc(N)cc2)c1. The van der Waals surface area contributed by atoms with Gasteiger partial charge in [-0.2, -0.15) is 0 Å². The predicted molar refractivity (Wildman–Crippen MR) is 78.8 cm³/mol. The molecule has 3 heteroatoms. The highest BCUT2D eigenvalue weighted by atomic mass is 32.2. The summed E-state index contributed by atoms with van der Waals surface area (Å²) in [6, 6.07) is 12.3. The molecular formula is C15H18N2S. The first-order valence-electron chi connectivity index (χ1n) is 6.02. The van der Waals surface area contributed by atoms with E-state index in [0.29, 0.717) is 5.25 Å². The van der Waals surface area contributed by atoms with Crippen LogP contribution in [0.1, 0.15) is 29.0 Å². The van der Waals surface area contributed by atoms with Gasteiger partial charge in [0.2, 0.25) is 0 Å². The molecule has 0 aliphatic heterocycles. The molecule has 2 aromatic rings. The van der Waals surface area contributed by atoms with E-state index in [9.17, 15) is 0 Å². The fourth-order valence-corrected chi connectivity index (χ4v) is 2.99. The molecule has 0 spiro atoms. The van der Waals surface area contributed by atoms with Crippen LogP contribution in [0.2, 0.25) is 0 Å². The molecule has 1 atom stereocenters. The molecule has 0 radical (unpaired) electrons. The molecule has 18 heavy (non-hydrogen) atoms. The number of rotatable bonds is 3. The maximum atomic E-state index is 5.70. The number of benzene rings is 1. The molecule has 0 bridgehead atoms. The van der Waals surface area contributed by atoms with Gasteiger partial charge in [-0.1, -0.05) is 23.9 Å². The standard InChI is InChI=1S/C15H18N2S/c1-10-8-11(2)17-15(9-10)18-12(3)13-4-6-14(16)7-5-13/h4-9,12H,16H2,1-3H3. The third-order valence-electron chi connectivity index (χ3n) is 2.78. The van der Waals surface area contributed by atoms with Gasteiger partial charge < -0.3 is 5.73 Å². The van der Waals surface area contributed by atoms with Crippen LogP contribution in [0, 0.1) is 13.8 Å². The number of hydrogen-bond acceptors (Lipinski definition) is 3. The molecule has 2 rings (SSSR count). The van der Waals surface area contributed by atoms with Gasteiger partial charge in [0.1, 0.15) is 0 Å². The lowest BCUT2D eigenvalue weighted by atomic mass is 10.1. The molecular weight excluding hydrogens is 240 g/mol. The second kappa shape index (κ2) is 5.44. The third kappa shape index (κ3) is 3.26. The minimum Gasteiger partial charge on any atom is -0.399 e. The molecule has 0 amide bonds. The first-order valence-corrected chi connectivity index (χ1v) is 6.90. The molecule has 0 saturated heterocycles. The zero-order valence-electron chi connectivity index (χ0n) is 11.0. The van der Waals surface area contributed by atoms with Gasteiger partial charge in [0.05, 0.1) is 5.03 Å². The summed E-state index contributed by atoms with van der Waals surface area (Å²) in [5.74, 6) is 0. The molecule has 0 saturated carbocycles. The largest absolute Gasteiger partial charge is 0.399 e. The Hall–Kier alpha value is -1.48. The number of nitrogens with zero attached hydrogens (tertiary/aromatic N) is 1. The van der Waals surface area contributed by atoms with Crippen LogP contribution in [0.25, 0.3) is 0 Å². The van der Waals surface area contributed by atoms with Crippen molar-refractivity contribution in [2.24, 2.45) is 0 Å². The lowest BCUT2D eigenvalue weighted by Crippen LogP contribution is -1.93. The summed E-state index contributed by atoms with van der Waals surface area (Å²) in [6.45, 7) is 6.33. The fourth-order valence-electron chi connectivity index (χ4n) is 1.88. The highest BCUT2D eigenvalue weighted by Gasteiger charge is 2.08. The van der Waals surface area contributed by atoms with E-state index in [1.54, 1.807) is 11.8 Å². The number of thioether (sulfide) groups is 1. The van der Waals surface area contributed by atoms with Crippen molar-refractivity contribution in [2.45, 2.75) is 31.0 Å². The van der Waals surface area contributed by atoms with Gasteiger partial charge in [0, 0.05) is 16.6 Å². The number of aryl methyl sites for hydroxylation is 2. The molecule has 1 heterocycles. The van der Waals surface area contributed by atoms with E-state index < -0.39 is 0 Å². The van der Waals surface area contributed by atoms with Gasteiger partial charge in [-0.3, -0.25) is 0 Å². The summed E-state index contributed by atoms with van der Waals surface area (Å²) in [6.07, 6.45) is 0. The van der Waals surface area contributed by atoms with E-state index in [1.165, 1.54) is 11.1 Å². The highest BCUT2D eigenvalue weighted by molar-refractivity contribution is 7.99. The highest BCUT2D eigenvalue weighted by Crippen LogP contribution is 2.34. The molecule has 1 aromatic heterocycles. The second-order valence-electron chi connectivity index (χ2n) is 4.55. The summed E-state index contributed by atoms with van der Waals surface area (Å²) in [4.78, 5) is 4.56. The van der Waals surface area contributed by atoms with Gasteiger partial charge in [0.25, 0.3) is 0 Å². The number of nitrogens with two attached hydrogens (primary N) is 1. The Morgan fingerprint density at radius 3 is 2.39 bits per heavy atom. The molecule has 2 nitrogen and oxygen atoms in total. The number of nitrogen functional groups attached to an aromatic ring is 1. The van der Waals surface area contributed by atoms with Gasteiger partial charge in [-0.25, -0.2) is 4.98 Å². The smallest absolute Gasteiger partial charge is 0.0971 e. The van der Waals surface area contributed by atoms with Crippen LogP contribution in [0.5, 0.6) is 0 Å². The van der Waals surface area contributed by atoms with Crippen LogP contribution in [-0.4, -0.2) is 4.98 Å².